The van der Waals surface area contributed by atoms with Crippen LogP contribution in [0.3, 0.4) is 0 Å². The Morgan fingerprint density at radius 2 is 1.82 bits per heavy atom. The molecule has 0 spiro atoms. The van der Waals surface area contributed by atoms with Crippen LogP contribution in [-0.2, 0) is 0 Å². The zero-order valence-corrected chi connectivity index (χ0v) is 29.3. The van der Waals surface area contributed by atoms with Gasteiger partial charge in [-0.05, 0) is 0 Å². The Hall–Kier alpha value is -3.25. The van der Waals surface area contributed by atoms with Gasteiger partial charge in [0, 0.05) is 0 Å². The van der Waals surface area contributed by atoms with E-state index >= 15 is 0 Å². The molecule has 0 saturated heterocycles. The first-order chi connectivity index (χ1) is 6.32. The van der Waals surface area contributed by atoms with Crippen molar-refractivity contribution < 1.29 is 18.3 Å². The Labute approximate surface area is 81.3 Å². The summed E-state index contributed by atoms with van der Waals surface area (Å²) in [6.45, 7) is 2.00. The molecule has 2 atom stereocenters. The molecule has 0 amide bonds. The van der Waals surface area contributed by atoms with Crippen LogP contribution in [0.4, 0.5) is 13.2 Å². The molecule has 2 unspecified atom stereocenters. The van der Waals surface area contributed by atoms with Crippen LogP contribution < -0.4 is 0 Å². The third kappa shape index (κ3) is 2.06. The van der Waals surface area contributed by atoms with Gasteiger partial charge in [0.2, 0.25) is 0 Å². The molecule has 1 N–H and O–H groups in total. The van der Waals surface area contributed by atoms with E-state index in [0.717, 1.165) is 25.2 Å². The fraction of sp³-hybridized carbons (Fsp3) is 0.800. The minimum absolute atomic E-state index is 0. The van der Waals surface area contributed by atoms with Crippen LogP contribution in [0.15, 0.2) is 0 Å². The van der Waals surface area contributed by atoms with E-state index in [9.17, 15) is 13.2 Å². The van der Waals surface area contributed by atoms with Crippen molar-refractivity contribution in [1.29, 1.82) is 0 Å². The maximum Gasteiger partial charge on any atom is 0.292 e. The van der Waals surface area contributed by atoms with Gasteiger partial charge in [-0.1, -0.05) is 25.2 Å². The molecule has 7 heteroatoms. The number of fused-ring (bicyclic) bond motifs is 2. The summed E-state index contributed by atoms with van der Waals surface area (Å²) in [5.74, 6) is 0.177. The summed E-state index contributed by atoms with van der Waals surface area (Å²) in [7, 11) is 0. The molecular weight excluding hydrogens is 994 g/mol. The summed E-state index contributed by atoms with van der Waals surface area (Å²) in [5.41, 5.74) is 0.0131. The second kappa shape index (κ2) is 3.72. The van der Waals surface area contributed by atoms with Crippen molar-refractivity contribution >= 4 is 0 Å². The van der Waals surface area contributed by atoms with E-state index < -0.39 is 18.2 Å². The van der Waals surface area contributed by atoms with Gasteiger partial charge in [0.25, 0.3) is 6.18 Å². The van der Waals surface area contributed by atoms with Gasteiger partial charge in [-0.25, -0.2) is 13.2 Å². The Balaban J connectivity index is 0. The maximum absolute atomic E-state index is 12.2. The molecule has 2 aliphatic rings. The van der Waals surface area contributed by atoms with Gasteiger partial charge in [0.1, 0.15) is 0 Å². The van der Waals surface area contributed by atoms with E-state index in [-0.39, 0.29) is 5.41 Å². The van der Waals surface area contributed by atoms with E-state index in [1.165, 1.54) is 0 Å². The Bertz CT molecular complexity index is 249. The number of halogens is 3. The van der Waals surface area contributed by atoms with Gasteiger partial charge < -0.3 is 11.0 Å². The number of aliphatic hydroxyl groups excluding tert-OH is 1. The normalized spacial score (nSPS) is 31.8. The minimum atomic E-state index is -4.54. The van der Waals surface area contributed by atoms with E-state index in [1.807, 2.05) is 6.92 Å². The summed E-state index contributed by atoms with van der Waals surface area (Å²) in [5, 5.41) is 9.09. The first-order valence-corrected chi connectivity index (χ1v) is 4.79. The number of hydrogen-bond donors (Lipinski definition) is 1. The first kappa shape index (κ1) is 16.2. The molecule has 88 valence electrons. The fourth-order valence-electron chi connectivity index (χ4n) is 2.78. The molecule has 0 heterocycles. The molecule has 2 bridgehead atoms. The summed E-state index contributed by atoms with van der Waals surface area (Å²) in [6.07, 6.45) is -2.87. The average Bonchev–Trinajstić information content (AvgIpc) is 2.55. The molecular formula is C10H13F3ORf3-2. The predicted molar refractivity (Wildman–Crippen MR) is 44.5 cm³/mol. The fourth-order valence-corrected chi connectivity index (χ4v) is 2.78. The van der Waals surface area contributed by atoms with Crippen LogP contribution in [0, 0.1) is 23.4 Å². The largest absolute Gasteiger partial charge is 0.557 e. The second-order valence-corrected chi connectivity index (χ2v) is 4.79. The zero-order valence-electron chi connectivity index (χ0n) is 10.1. The van der Waals surface area contributed by atoms with Crippen molar-refractivity contribution in [2.75, 3.05) is 0 Å². The van der Waals surface area contributed by atoms with Crippen LogP contribution in [-0.4, -0.2) is 11.3 Å². The van der Waals surface area contributed by atoms with Gasteiger partial charge in [-0.2, -0.15) is 12.8 Å². The van der Waals surface area contributed by atoms with Crippen LogP contribution in [0.5, 0.6) is 0 Å². The summed E-state index contributed by atoms with van der Waals surface area (Å²) < 4.78 is 36.7. The summed E-state index contributed by atoms with van der Waals surface area (Å²) in [6, 6.07) is 0. The first-order valence-electron chi connectivity index (χ1n) is 4.79. The predicted octanol–water partition coefficient (Wildman–Crippen LogP) is 3.24. The van der Waals surface area contributed by atoms with Crippen LogP contribution in [0.1, 0.15) is 32.6 Å². The number of hydrogen-bond acceptors (Lipinski definition) is 1. The summed E-state index contributed by atoms with van der Waals surface area (Å²) in [4.78, 5) is 0. The van der Waals surface area contributed by atoms with Crippen LogP contribution >= 0.6 is 0 Å². The van der Waals surface area contributed by atoms with Crippen molar-refractivity contribution in [3.05, 3.63) is 12.0 Å². The average molecular weight is 1010 g/mol. The second-order valence-electron chi connectivity index (χ2n) is 4.79. The summed E-state index contributed by atoms with van der Waals surface area (Å²) >= 11 is 0. The Morgan fingerprint density at radius 1 is 1.29 bits per heavy atom. The van der Waals surface area contributed by atoms with Crippen molar-refractivity contribution in [3.63, 3.8) is 0 Å². The van der Waals surface area contributed by atoms with Gasteiger partial charge >= 0.3 is 0 Å². The van der Waals surface area contributed by atoms with Gasteiger partial charge in [0.15, 0.2) is 0 Å². The van der Waals surface area contributed by atoms with Gasteiger partial charge in [-0.15, -0.1) is 6.10 Å². The van der Waals surface area contributed by atoms with Crippen molar-refractivity contribution in [1.82, 2.24) is 0 Å². The van der Waals surface area contributed by atoms with Crippen molar-refractivity contribution in [3.8, 4) is 0 Å². The van der Waals surface area contributed by atoms with E-state index in [0.29, 0.717) is 6.42 Å². The number of alkyl halides is 3. The molecule has 2 rings (SSSR count). The van der Waals surface area contributed by atoms with Crippen LogP contribution in [0.25, 0.3) is 0 Å². The number of rotatable bonds is 1. The quantitative estimate of drug-likeness (QED) is 0.401. The maximum atomic E-state index is 12.2. The molecule has 0 radical (unpaired) electrons. The van der Waals surface area contributed by atoms with Gasteiger partial charge in [-0.3, -0.25) is 5.92 Å². The topological polar surface area (TPSA) is 20.2 Å². The van der Waals surface area contributed by atoms with E-state index in [1.54, 1.807) is 0 Å². The number of aliphatic hydroxyl groups is 1. The van der Waals surface area contributed by atoms with Gasteiger partial charge in [0.05, 0.1) is 0 Å². The minimum Gasteiger partial charge on any atom is -0.557 e. The molecule has 1 nitrogen and oxygen atoms in total. The monoisotopic (exact) mass is 1010 g/mol. The van der Waals surface area contributed by atoms with E-state index in [4.69, 9.17) is 5.11 Å². The third-order valence-corrected chi connectivity index (χ3v) is 3.51. The molecule has 2 fully saturated rings. The molecule has 17 heavy (non-hydrogen) atoms. The smallest absolute Gasteiger partial charge is 0.292 e. The molecule has 2 saturated carbocycles. The molecule has 0 aliphatic heterocycles. The van der Waals surface area contributed by atoms with Crippen molar-refractivity contribution in [2.24, 2.45) is 11.3 Å². The Morgan fingerprint density at radius 3 is 2.12 bits per heavy atom. The van der Waals surface area contributed by atoms with E-state index in [2.05, 4.69) is 0 Å². The molecule has 0 aromatic rings. The SMILES string of the molecule is CC12CC[C-](C1)C([C-](O)C(F)(F)F)C2.[Rf].[Rf].[Rf]. The molecule has 0 aromatic carbocycles. The Kier molecular flexibility index (Phi) is 3.54. The van der Waals surface area contributed by atoms with Crippen molar-refractivity contribution in [2.45, 2.75) is 38.8 Å². The third-order valence-electron chi connectivity index (χ3n) is 3.51. The molecule has 0 aromatic heterocycles. The standard InChI is InChI=1S/C10H13F3O.3Rf/c1-9-3-2-6(4-9)7(5-9)8(14)10(11,12)13;;;/h7,14H,2-5H2,1H3;;;/q-2;;;. The van der Waals surface area contributed by atoms with Crippen LogP contribution in [0.2, 0.25) is 0 Å². The molecule has 2 aliphatic carbocycles. The zero-order chi connectivity index (χ0) is 10.6.